The van der Waals surface area contributed by atoms with E-state index < -0.39 is 0 Å². The molecule has 2 amide bonds. The van der Waals surface area contributed by atoms with Gasteiger partial charge >= 0.3 is 6.03 Å². The summed E-state index contributed by atoms with van der Waals surface area (Å²) in [4.78, 5) is 13.7. The number of nitrogens with zero attached hydrogens (tertiary/aromatic N) is 1. The van der Waals surface area contributed by atoms with E-state index in [1.165, 1.54) is 5.56 Å². The lowest BCUT2D eigenvalue weighted by molar-refractivity contribution is 0.192. The van der Waals surface area contributed by atoms with Crippen LogP contribution in [0.5, 0.6) is 0 Å². The highest BCUT2D eigenvalue weighted by atomic mass is 32.1. The van der Waals surface area contributed by atoms with Gasteiger partial charge < -0.3 is 10.2 Å². The summed E-state index contributed by atoms with van der Waals surface area (Å²) < 4.78 is 0. The van der Waals surface area contributed by atoms with Crippen molar-refractivity contribution in [3.8, 4) is 0 Å². The van der Waals surface area contributed by atoms with E-state index in [1.807, 2.05) is 11.8 Å². The lowest BCUT2D eigenvalue weighted by Crippen LogP contribution is -2.40. The Morgan fingerprint density at radius 2 is 2.47 bits per heavy atom. The van der Waals surface area contributed by atoms with E-state index in [1.54, 1.807) is 11.3 Å². The van der Waals surface area contributed by atoms with Gasteiger partial charge in [0.15, 0.2) is 0 Å². The molecule has 82 valence electrons. The highest BCUT2D eigenvalue weighted by molar-refractivity contribution is 7.07. The van der Waals surface area contributed by atoms with E-state index in [9.17, 15) is 4.79 Å². The maximum atomic E-state index is 11.8. The topological polar surface area (TPSA) is 32.3 Å². The summed E-state index contributed by atoms with van der Waals surface area (Å²) in [6.45, 7) is 3.40. The summed E-state index contributed by atoms with van der Waals surface area (Å²) in [6.07, 6.45) is 2.31. The Labute approximate surface area is 94.1 Å². The molecule has 0 spiro atoms. The van der Waals surface area contributed by atoms with Crippen LogP contribution in [0.25, 0.3) is 0 Å². The van der Waals surface area contributed by atoms with Crippen molar-refractivity contribution < 1.29 is 4.79 Å². The minimum Gasteiger partial charge on any atom is -0.338 e. The Hall–Kier alpha value is -1.03. The van der Waals surface area contributed by atoms with Gasteiger partial charge in [-0.2, -0.15) is 11.3 Å². The Bertz CT molecular complexity index is 319. The monoisotopic (exact) mass is 224 g/mol. The van der Waals surface area contributed by atoms with Crippen LogP contribution in [0.3, 0.4) is 0 Å². The van der Waals surface area contributed by atoms with Crippen molar-refractivity contribution in [3.63, 3.8) is 0 Å². The number of carbonyl (C=O) groups is 1. The van der Waals surface area contributed by atoms with Gasteiger partial charge in [0.25, 0.3) is 0 Å². The smallest absolute Gasteiger partial charge is 0.317 e. The van der Waals surface area contributed by atoms with Crippen LogP contribution in [-0.4, -0.2) is 23.5 Å². The Balaban J connectivity index is 1.97. The van der Waals surface area contributed by atoms with Crippen LogP contribution in [0.2, 0.25) is 0 Å². The van der Waals surface area contributed by atoms with E-state index in [4.69, 9.17) is 0 Å². The predicted molar refractivity (Wildman–Crippen MR) is 62.0 cm³/mol. The highest BCUT2D eigenvalue weighted by Gasteiger charge is 2.32. The third kappa shape index (κ3) is 2.72. The lowest BCUT2D eigenvalue weighted by Gasteiger charge is -2.21. The molecular weight excluding hydrogens is 208 g/mol. The number of carbonyl (C=O) groups excluding carboxylic acids is 1. The maximum Gasteiger partial charge on any atom is 0.317 e. The van der Waals surface area contributed by atoms with Gasteiger partial charge in [0.2, 0.25) is 0 Å². The first kappa shape index (κ1) is 10.5. The number of hydrogen-bond donors (Lipinski definition) is 1. The average Bonchev–Trinajstić information content (AvgIpc) is 2.93. The molecule has 1 aromatic rings. The van der Waals surface area contributed by atoms with Crippen molar-refractivity contribution in [2.45, 2.75) is 32.4 Å². The van der Waals surface area contributed by atoms with Crippen molar-refractivity contribution in [3.05, 3.63) is 22.4 Å². The van der Waals surface area contributed by atoms with E-state index in [2.05, 4.69) is 22.1 Å². The Kier molecular flexibility index (Phi) is 3.26. The Morgan fingerprint density at radius 1 is 1.67 bits per heavy atom. The zero-order valence-electron chi connectivity index (χ0n) is 8.90. The van der Waals surface area contributed by atoms with E-state index >= 15 is 0 Å². The summed E-state index contributed by atoms with van der Waals surface area (Å²) in [5.41, 5.74) is 1.23. The molecular formula is C11H16N2OS. The molecule has 0 bridgehead atoms. The zero-order chi connectivity index (χ0) is 10.7. The maximum absolute atomic E-state index is 11.8. The van der Waals surface area contributed by atoms with Crippen LogP contribution < -0.4 is 5.32 Å². The molecule has 1 aromatic heterocycles. The summed E-state index contributed by atoms with van der Waals surface area (Å²) >= 11 is 1.68. The molecule has 15 heavy (non-hydrogen) atoms. The van der Waals surface area contributed by atoms with Gasteiger partial charge in [-0.3, -0.25) is 0 Å². The first-order valence-electron chi connectivity index (χ1n) is 5.36. The highest BCUT2D eigenvalue weighted by Crippen LogP contribution is 2.28. The molecule has 2 rings (SSSR count). The summed E-state index contributed by atoms with van der Waals surface area (Å²) in [7, 11) is 0. The molecule has 0 atom stereocenters. The average molecular weight is 224 g/mol. The standard InChI is InChI=1S/C11H16N2OS/c1-2-12-11(14)13(10-3-4-10)7-9-5-6-15-8-9/h5-6,8,10H,2-4,7H2,1H3,(H,12,14). The molecule has 1 N–H and O–H groups in total. The van der Waals surface area contributed by atoms with Crippen LogP contribution in [0.4, 0.5) is 4.79 Å². The van der Waals surface area contributed by atoms with Crippen molar-refractivity contribution in [1.82, 2.24) is 10.2 Å². The molecule has 3 nitrogen and oxygen atoms in total. The third-order valence-corrected chi connectivity index (χ3v) is 3.24. The summed E-state index contributed by atoms with van der Waals surface area (Å²) in [5, 5.41) is 7.03. The van der Waals surface area contributed by atoms with Crippen LogP contribution in [-0.2, 0) is 6.54 Å². The van der Waals surface area contributed by atoms with Gasteiger partial charge in [0.1, 0.15) is 0 Å². The molecule has 4 heteroatoms. The molecule has 0 unspecified atom stereocenters. The number of hydrogen-bond acceptors (Lipinski definition) is 2. The van der Waals surface area contributed by atoms with Gasteiger partial charge in [0, 0.05) is 19.1 Å². The van der Waals surface area contributed by atoms with Crippen molar-refractivity contribution in [2.24, 2.45) is 0 Å². The first-order chi connectivity index (χ1) is 7.31. The lowest BCUT2D eigenvalue weighted by atomic mass is 10.3. The van der Waals surface area contributed by atoms with Crippen molar-refractivity contribution in [1.29, 1.82) is 0 Å². The number of nitrogens with one attached hydrogen (secondary N) is 1. The van der Waals surface area contributed by atoms with Crippen LogP contribution in [0.15, 0.2) is 16.8 Å². The fourth-order valence-corrected chi connectivity index (χ4v) is 2.24. The molecule has 0 aromatic carbocycles. The van der Waals surface area contributed by atoms with E-state index in [0.717, 1.165) is 19.4 Å². The largest absolute Gasteiger partial charge is 0.338 e. The van der Waals surface area contributed by atoms with Gasteiger partial charge in [-0.25, -0.2) is 4.79 Å². The van der Waals surface area contributed by atoms with Gasteiger partial charge in [0.05, 0.1) is 0 Å². The normalized spacial score (nSPS) is 15.0. The molecule has 1 aliphatic carbocycles. The van der Waals surface area contributed by atoms with Gasteiger partial charge in [-0.15, -0.1) is 0 Å². The quantitative estimate of drug-likeness (QED) is 0.837. The fraction of sp³-hybridized carbons (Fsp3) is 0.545. The number of urea groups is 1. The summed E-state index contributed by atoms with van der Waals surface area (Å²) in [6, 6.07) is 2.63. The minimum atomic E-state index is 0.0752. The number of rotatable bonds is 4. The fourth-order valence-electron chi connectivity index (χ4n) is 1.59. The van der Waals surface area contributed by atoms with E-state index in [0.29, 0.717) is 12.6 Å². The second kappa shape index (κ2) is 4.66. The molecule has 0 radical (unpaired) electrons. The predicted octanol–water partition coefficient (Wildman–Crippen LogP) is 2.44. The molecule has 1 saturated carbocycles. The molecule has 1 heterocycles. The zero-order valence-corrected chi connectivity index (χ0v) is 9.72. The second-order valence-corrected chi connectivity index (χ2v) is 4.61. The van der Waals surface area contributed by atoms with Crippen LogP contribution >= 0.6 is 11.3 Å². The molecule has 0 saturated heterocycles. The SMILES string of the molecule is CCNC(=O)N(Cc1ccsc1)C1CC1. The molecule has 1 fully saturated rings. The second-order valence-electron chi connectivity index (χ2n) is 3.83. The Morgan fingerprint density at radius 3 is 3.00 bits per heavy atom. The van der Waals surface area contributed by atoms with Crippen LogP contribution in [0.1, 0.15) is 25.3 Å². The van der Waals surface area contributed by atoms with Crippen molar-refractivity contribution >= 4 is 17.4 Å². The van der Waals surface area contributed by atoms with Gasteiger partial charge in [-0.05, 0) is 42.2 Å². The minimum absolute atomic E-state index is 0.0752. The number of amides is 2. The number of thiophene rings is 1. The third-order valence-electron chi connectivity index (χ3n) is 2.51. The van der Waals surface area contributed by atoms with E-state index in [-0.39, 0.29) is 6.03 Å². The molecule has 0 aliphatic heterocycles. The molecule has 1 aliphatic rings. The van der Waals surface area contributed by atoms with Gasteiger partial charge in [-0.1, -0.05) is 0 Å². The first-order valence-corrected chi connectivity index (χ1v) is 6.31. The van der Waals surface area contributed by atoms with Crippen molar-refractivity contribution in [2.75, 3.05) is 6.54 Å². The summed E-state index contributed by atoms with van der Waals surface area (Å²) in [5.74, 6) is 0. The van der Waals surface area contributed by atoms with Crippen LogP contribution in [0, 0.1) is 0 Å².